The number of ketones is 1. The lowest BCUT2D eigenvalue weighted by Gasteiger charge is -2.29. The molecular formula is C29H25ClN4O4S. The number of benzene rings is 1. The summed E-state index contributed by atoms with van der Waals surface area (Å²) >= 11 is 7.87. The zero-order valence-electron chi connectivity index (χ0n) is 21.3. The Kier molecular flexibility index (Phi) is 7.72. The Hall–Kier alpha value is -4.08. The largest absolute Gasteiger partial charge is 0.496 e. The van der Waals surface area contributed by atoms with Gasteiger partial charge in [0.15, 0.2) is 5.78 Å². The van der Waals surface area contributed by atoms with Crippen molar-refractivity contribution in [1.29, 1.82) is 0 Å². The fourth-order valence-electron chi connectivity index (χ4n) is 4.55. The van der Waals surface area contributed by atoms with Crippen LogP contribution < -0.4 is 10.1 Å². The predicted molar refractivity (Wildman–Crippen MR) is 150 cm³/mol. The molecule has 1 atom stereocenters. The second-order valence-electron chi connectivity index (χ2n) is 9.20. The number of methoxy groups -OCH3 is 1. The molecule has 3 aromatic heterocycles. The highest BCUT2D eigenvalue weighted by atomic mass is 35.5. The quantitative estimate of drug-likeness (QED) is 0.336. The molecule has 198 valence electrons. The van der Waals surface area contributed by atoms with E-state index in [0.29, 0.717) is 28.4 Å². The molecule has 1 aromatic carbocycles. The van der Waals surface area contributed by atoms with Crippen LogP contribution in [0.4, 0.5) is 5.82 Å². The lowest BCUT2D eigenvalue weighted by Crippen LogP contribution is -2.44. The third-order valence-corrected chi connectivity index (χ3v) is 7.85. The van der Waals surface area contributed by atoms with Gasteiger partial charge in [0.05, 0.1) is 28.6 Å². The fraction of sp³-hybridized carbons (Fsp3) is 0.207. The van der Waals surface area contributed by atoms with Crippen molar-refractivity contribution in [2.24, 2.45) is 0 Å². The van der Waals surface area contributed by atoms with Crippen LogP contribution in [0.15, 0.2) is 66.3 Å². The van der Waals surface area contributed by atoms with Crippen molar-refractivity contribution in [3.8, 4) is 5.75 Å². The molecule has 39 heavy (non-hydrogen) atoms. The number of nitrogens with one attached hydrogen (secondary N) is 1. The first-order valence-electron chi connectivity index (χ1n) is 12.2. The molecular weight excluding hydrogens is 536 g/mol. The van der Waals surface area contributed by atoms with Crippen LogP contribution in [0.2, 0.25) is 5.02 Å². The van der Waals surface area contributed by atoms with Crippen molar-refractivity contribution in [2.75, 3.05) is 12.4 Å². The van der Waals surface area contributed by atoms with E-state index in [0.717, 1.165) is 16.8 Å². The van der Waals surface area contributed by atoms with Gasteiger partial charge in [0.1, 0.15) is 11.6 Å². The monoisotopic (exact) mass is 560 g/mol. The van der Waals surface area contributed by atoms with Gasteiger partial charge in [-0.3, -0.25) is 19.4 Å². The van der Waals surface area contributed by atoms with Crippen LogP contribution in [0.1, 0.15) is 42.4 Å². The number of anilines is 1. The molecule has 0 spiro atoms. The summed E-state index contributed by atoms with van der Waals surface area (Å²) in [7, 11) is 1.55. The minimum atomic E-state index is -0.684. The molecule has 5 rings (SSSR count). The van der Waals surface area contributed by atoms with Crippen molar-refractivity contribution in [3.05, 3.63) is 104 Å². The summed E-state index contributed by atoms with van der Waals surface area (Å²) in [6.07, 6.45) is 3.78. The van der Waals surface area contributed by atoms with Gasteiger partial charge in [-0.25, -0.2) is 4.98 Å². The minimum absolute atomic E-state index is 0.0470. The fourth-order valence-corrected chi connectivity index (χ4v) is 5.72. The molecule has 2 amide bonds. The van der Waals surface area contributed by atoms with Gasteiger partial charge in [0.25, 0.3) is 11.8 Å². The first kappa shape index (κ1) is 26.5. The zero-order valence-corrected chi connectivity index (χ0v) is 22.9. The number of rotatable bonds is 7. The molecule has 1 unspecified atom stereocenters. The number of thiophene rings is 1. The van der Waals surface area contributed by atoms with E-state index in [4.69, 9.17) is 16.3 Å². The van der Waals surface area contributed by atoms with Crippen LogP contribution in [-0.4, -0.2) is 45.6 Å². The molecule has 0 saturated heterocycles. The van der Waals surface area contributed by atoms with Crippen molar-refractivity contribution in [3.63, 3.8) is 0 Å². The number of ether oxygens (including phenoxy) is 1. The number of hydrogen-bond acceptors (Lipinski definition) is 7. The Morgan fingerprint density at radius 2 is 2.03 bits per heavy atom. The van der Waals surface area contributed by atoms with Gasteiger partial charge >= 0.3 is 0 Å². The molecule has 4 heterocycles. The maximum atomic E-state index is 13.6. The van der Waals surface area contributed by atoms with Gasteiger partial charge in [-0.2, -0.15) is 0 Å². The summed E-state index contributed by atoms with van der Waals surface area (Å²) in [5, 5.41) is 4.78. The second-order valence-corrected chi connectivity index (χ2v) is 10.5. The summed E-state index contributed by atoms with van der Waals surface area (Å²) < 4.78 is 5.30. The van der Waals surface area contributed by atoms with Crippen molar-refractivity contribution in [2.45, 2.75) is 32.4 Å². The van der Waals surface area contributed by atoms with Crippen LogP contribution in [-0.2, 0) is 24.2 Å². The van der Waals surface area contributed by atoms with E-state index in [1.165, 1.54) is 11.3 Å². The summed E-state index contributed by atoms with van der Waals surface area (Å²) in [4.78, 5) is 50.7. The zero-order chi connectivity index (χ0) is 27.5. The van der Waals surface area contributed by atoms with Gasteiger partial charge in [-0.1, -0.05) is 23.7 Å². The first-order valence-corrected chi connectivity index (χ1v) is 13.5. The Labute approximate surface area is 234 Å². The normalized spacial score (nSPS) is 15.1. The number of halogens is 1. The van der Waals surface area contributed by atoms with Gasteiger partial charge in [0.2, 0.25) is 0 Å². The number of hydrogen-bond donors (Lipinski definition) is 1. The van der Waals surface area contributed by atoms with Crippen LogP contribution >= 0.6 is 22.9 Å². The Balaban J connectivity index is 1.40. The number of carbonyl (C=O) groups is 3. The van der Waals surface area contributed by atoms with Crippen LogP contribution in [0.5, 0.6) is 5.75 Å². The number of Topliss-reactive ketones (excluding diaryl/α,β-unsaturated/α-hetero) is 1. The highest BCUT2D eigenvalue weighted by Crippen LogP contribution is 2.29. The van der Waals surface area contributed by atoms with E-state index >= 15 is 0 Å². The highest BCUT2D eigenvalue weighted by molar-refractivity contribution is 7.12. The lowest BCUT2D eigenvalue weighted by molar-refractivity contribution is -0.122. The summed E-state index contributed by atoms with van der Waals surface area (Å²) in [6, 6.07) is 13.3. The van der Waals surface area contributed by atoms with Gasteiger partial charge < -0.3 is 15.0 Å². The van der Waals surface area contributed by atoms with E-state index in [9.17, 15) is 14.4 Å². The number of aromatic nitrogens is 2. The number of amides is 2. The maximum Gasteiger partial charge on any atom is 0.265 e. The van der Waals surface area contributed by atoms with Gasteiger partial charge in [0, 0.05) is 49.1 Å². The van der Waals surface area contributed by atoms with Crippen molar-refractivity contribution < 1.29 is 19.1 Å². The predicted octanol–water partition coefficient (Wildman–Crippen LogP) is 5.14. The van der Waals surface area contributed by atoms with Crippen molar-refractivity contribution >= 4 is 46.4 Å². The lowest BCUT2D eigenvalue weighted by atomic mass is 10.0. The third kappa shape index (κ3) is 5.69. The molecule has 8 nitrogen and oxygen atoms in total. The summed E-state index contributed by atoms with van der Waals surface area (Å²) in [6.45, 7) is 2.01. The highest BCUT2D eigenvalue weighted by Gasteiger charge is 2.36. The molecule has 1 aliphatic rings. The molecule has 0 radical (unpaired) electrons. The average Bonchev–Trinajstić information content (AvgIpc) is 3.36. The standard InChI is InChI=1S/C29H25ClN4O4S/c1-17-15-32-26(14-25(17)38-2)33-28(36)21-7-6-18(11-22(21)30)16-34-23(13-20-5-3-4-9-31-20)24(35)12-19-8-10-39-27(19)29(34)37/h3-11,14-15,23H,12-13,16H2,1-2H3,(H,32,33,36). The van der Waals surface area contributed by atoms with E-state index < -0.39 is 11.9 Å². The molecule has 1 aliphatic heterocycles. The van der Waals surface area contributed by atoms with Crippen LogP contribution in [0.3, 0.4) is 0 Å². The van der Waals surface area contributed by atoms with E-state index in [-0.39, 0.29) is 35.2 Å². The maximum absolute atomic E-state index is 13.6. The molecule has 4 aromatic rings. The third-order valence-electron chi connectivity index (χ3n) is 6.59. The molecule has 0 saturated carbocycles. The Morgan fingerprint density at radius 1 is 1.18 bits per heavy atom. The topological polar surface area (TPSA) is 101 Å². The van der Waals surface area contributed by atoms with Crippen molar-refractivity contribution in [1.82, 2.24) is 14.9 Å². The number of pyridine rings is 2. The molecule has 0 fully saturated rings. The average molecular weight is 561 g/mol. The van der Waals surface area contributed by atoms with Gasteiger partial charge in [-0.05, 0) is 53.8 Å². The van der Waals surface area contributed by atoms with Crippen LogP contribution in [0.25, 0.3) is 0 Å². The summed E-state index contributed by atoms with van der Waals surface area (Å²) in [5.41, 5.74) is 3.26. The summed E-state index contributed by atoms with van der Waals surface area (Å²) in [5.74, 6) is 0.258. The Bertz CT molecular complexity index is 1560. The van der Waals surface area contributed by atoms with E-state index in [1.807, 2.05) is 36.6 Å². The Morgan fingerprint density at radius 3 is 2.77 bits per heavy atom. The number of nitrogens with zero attached hydrogens (tertiary/aromatic N) is 3. The smallest absolute Gasteiger partial charge is 0.265 e. The number of fused-ring (bicyclic) bond motifs is 1. The number of carbonyl (C=O) groups excluding carboxylic acids is 3. The minimum Gasteiger partial charge on any atom is -0.496 e. The molecule has 0 bridgehead atoms. The molecule has 1 N–H and O–H groups in total. The SMILES string of the molecule is COc1cc(NC(=O)c2ccc(CN3C(=O)c4sccc4CC(=O)C3Cc3ccccn3)cc2Cl)ncc1C. The number of aryl methyl sites for hydroxylation is 1. The first-order chi connectivity index (χ1) is 18.8. The van der Waals surface area contributed by atoms with Gasteiger partial charge in [-0.15, -0.1) is 11.3 Å². The molecule has 0 aliphatic carbocycles. The van der Waals surface area contributed by atoms with Crippen LogP contribution in [0, 0.1) is 6.92 Å². The van der Waals surface area contributed by atoms with E-state index in [1.54, 1.807) is 48.7 Å². The second kappa shape index (κ2) is 11.3. The van der Waals surface area contributed by atoms with E-state index in [2.05, 4.69) is 15.3 Å². The molecule has 10 heteroatoms.